The molecule has 0 radical (unpaired) electrons. The van der Waals surface area contributed by atoms with Gasteiger partial charge in [-0.2, -0.15) is 0 Å². The Morgan fingerprint density at radius 2 is 1.21 bits per heavy atom. The van der Waals surface area contributed by atoms with Crippen LogP contribution < -0.4 is 0 Å². The summed E-state index contributed by atoms with van der Waals surface area (Å²) in [6.07, 6.45) is 0. The number of furan rings is 1. The van der Waals surface area contributed by atoms with Crippen LogP contribution in [0.3, 0.4) is 0 Å². The number of hydrogen-bond acceptors (Lipinski definition) is 3. The van der Waals surface area contributed by atoms with Crippen LogP contribution in [0.25, 0.3) is 55.5 Å². The Hall–Kier alpha value is -3.98. The number of rotatable bonds is 2. The molecule has 3 nitrogen and oxygen atoms in total. The standard InChI is InChI=1S/C26H16N2O/c1-3-9-17(10-4-1)25-24-20(27-26(28-25)18-11-5-2-6-12-18)15-16-22-23(24)19-13-7-8-14-21(19)29-22/h1-16H. The molecule has 0 spiro atoms. The molecular weight excluding hydrogens is 356 g/mol. The maximum atomic E-state index is 6.11. The number of nitrogens with zero attached hydrogens (tertiary/aromatic N) is 2. The van der Waals surface area contributed by atoms with Crippen molar-refractivity contribution in [2.45, 2.75) is 0 Å². The summed E-state index contributed by atoms with van der Waals surface area (Å²) in [6.45, 7) is 0. The molecule has 0 N–H and O–H groups in total. The minimum atomic E-state index is 0.726. The van der Waals surface area contributed by atoms with E-state index in [4.69, 9.17) is 14.4 Å². The highest BCUT2D eigenvalue weighted by Crippen LogP contribution is 2.39. The second-order valence-electron chi connectivity index (χ2n) is 7.06. The third kappa shape index (κ3) is 2.52. The predicted octanol–water partition coefficient (Wildman–Crippen LogP) is 6.86. The first-order chi connectivity index (χ1) is 14.4. The van der Waals surface area contributed by atoms with Crippen molar-refractivity contribution in [1.29, 1.82) is 0 Å². The number of fused-ring (bicyclic) bond motifs is 5. The van der Waals surface area contributed by atoms with E-state index in [-0.39, 0.29) is 0 Å². The predicted molar refractivity (Wildman–Crippen MR) is 118 cm³/mol. The molecule has 4 aromatic carbocycles. The van der Waals surface area contributed by atoms with E-state index in [0.717, 1.165) is 55.5 Å². The largest absolute Gasteiger partial charge is 0.456 e. The molecule has 6 aromatic rings. The van der Waals surface area contributed by atoms with Crippen LogP contribution in [0.4, 0.5) is 0 Å². The first-order valence-electron chi connectivity index (χ1n) is 9.61. The monoisotopic (exact) mass is 372 g/mol. The number of benzene rings is 4. The fourth-order valence-electron chi connectivity index (χ4n) is 3.96. The number of aromatic nitrogens is 2. The first-order valence-corrected chi connectivity index (χ1v) is 9.61. The van der Waals surface area contributed by atoms with E-state index < -0.39 is 0 Å². The lowest BCUT2D eigenvalue weighted by atomic mass is 10.0. The molecule has 0 saturated heterocycles. The third-order valence-corrected chi connectivity index (χ3v) is 5.28. The van der Waals surface area contributed by atoms with Gasteiger partial charge in [-0.25, -0.2) is 9.97 Å². The van der Waals surface area contributed by atoms with Gasteiger partial charge in [0.25, 0.3) is 0 Å². The summed E-state index contributed by atoms with van der Waals surface area (Å²) >= 11 is 0. The smallest absolute Gasteiger partial charge is 0.160 e. The van der Waals surface area contributed by atoms with Gasteiger partial charge < -0.3 is 4.42 Å². The van der Waals surface area contributed by atoms with E-state index in [1.54, 1.807) is 0 Å². The van der Waals surface area contributed by atoms with E-state index in [1.165, 1.54) is 0 Å². The van der Waals surface area contributed by atoms with Gasteiger partial charge in [0.2, 0.25) is 0 Å². The molecule has 0 aliphatic carbocycles. The van der Waals surface area contributed by atoms with Gasteiger partial charge in [-0.3, -0.25) is 0 Å². The molecule has 0 saturated carbocycles. The highest BCUT2D eigenvalue weighted by molar-refractivity contribution is 6.21. The van der Waals surface area contributed by atoms with Crippen molar-refractivity contribution in [3.63, 3.8) is 0 Å². The second-order valence-corrected chi connectivity index (χ2v) is 7.06. The maximum Gasteiger partial charge on any atom is 0.160 e. The molecular formula is C26H16N2O. The zero-order valence-corrected chi connectivity index (χ0v) is 15.5. The Balaban J connectivity index is 1.80. The lowest BCUT2D eigenvalue weighted by molar-refractivity contribution is 0.669. The van der Waals surface area contributed by atoms with Gasteiger partial charge in [-0.1, -0.05) is 78.9 Å². The Kier molecular flexibility index (Phi) is 3.47. The number of hydrogen-bond donors (Lipinski definition) is 0. The fourth-order valence-corrected chi connectivity index (χ4v) is 3.96. The van der Waals surface area contributed by atoms with Gasteiger partial charge in [0.15, 0.2) is 5.82 Å². The summed E-state index contributed by atoms with van der Waals surface area (Å²) in [5, 5.41) is 3.18. The first kappa shape index (κ1) is 16.0. The fraction of sp³-hybridized carbons (Fsp3) is 0. The van der Waals surface area contributed by atoms with Gasteiger partial charge in [0, 0.05) is 27.3 Å². The molecule has 6 rings (SSSR count). The van der Waals surface area contributed by atoms with E-state index in [9.17, 15) is 0 Å². The van der Waals surface area contributed by atoms with Crippen molar-refractivity contribution in [2.75, 3.05) is 0 Å². The summed E-state index contributed by atoms with van der Waals surface area (Å²) in [5.41, 5.74) is 5.63. The summed E-state index contributed by atoms with van der Waals surface area (Å²) in [6, 6.07) is 32.6. The van der Waals surface area contributed by atoms with Crippen LogP contribution >= 0.6 is 0 Å². The maximum absolute atomic E-state index is 6.11. The molecule has 29 heavy (non-hydrogen) atoms. The molecule has 136 valence electrons. The van der Waals surface area contributed by atoms with E-state index in [0.29, 0.717) is 0 Å². The van der Waals surface area contributed by atoms with Gasteiger partial charge in [-0.05, 0) is 18.2 Å². The Bertz CT molecular complexity index is 1490. The minimum absolute atomic E-state index is 0.726. The van der Waals surface area contributed by atoms with Crippen molar-refractivity contribution in [3.8, 4) is 22.6 Å². The minimum Gasteiger partial charge on any atom is -0.456 e. The van der Waals surface area contributed by atoms with E-state index in [2.05, 4.69) is 18.2 Å². The third-order valence-electron chi connectivity index (χ3n) is 5.28. The van der Waals surface area contributed by atoms with Crippen LogP contribution in [-0.2, 0) is 0 Å². The lowest BCUT2D eigenvalue weighted by Crippen LogP contribution is -1.95. The van der Waals surface area contributed by atoms with Crippen molar-refractivity contribution >= 4 is 32.8 Å². The van der Waals surface area contributed by atoms with Gasteiger partial charge in [0.05, 0.1) is 11.2 Å². The molecule has 2 aromatic heterocycles. The number of para-hydroxylation sites is 1. The van der Waals surface area contributed by atoms with Crippen molar-refractivity contribution in [2.24, 2.45) is 0 Å². The molecule has 0 atom stereocenters. The summed E-state index contributed by atoms with van der Waals surface area (Å²) < 4.78 is 6.11. The Morgan fingerprint density at radius 3 is 2.00 bits per heavy atom. The molecule has 0 fully saturated rings. The summed E-state index contributed by atoms with van der Waals surface area (Å²) in [7, 11) is 0. The van der Waals surface area contributed by atoms with Gasteiger partial charge >= 0.3 is 0 Å². The molecule has 0 unspecified atom stereocenters. The highest BCUT2D eigenvalue weighted by atomic mass is 16.3. The molecule has 2 heterocycles. The van der Waals surface area contributed by atoms with Crippen LogP contribution in [0, 0.1) is 0 Å². The quantitative estimate of drug-likeness (QED) is 0.333. The van der Waals surface area contributed by atoms with Crippen molar-refractivity contribution in [1.82, 2.24) is 9.97 Å². The zero-order chi connectivity index (χ0) is 19.2. The SMILES string of the molecule is c1ccc(-c2nc(-c3ccccc3)c3c(ccc4oc5ccccc5c43)n2)cc1. The van der Waals surface area contributed by atoms with Crippen LogP contribution in [0.5, 0.6) is 0 Å². The van der Waals surface area contributed by atoms with Crippen LogP contribution in [0.1, 0.15) is 0 Å². The van der Waals surface area contributed by atoms with Crippen LogP contribution in [0.2, 0.25) is 0 Å². The molecule has 0 aliphatic rings. The summed E-state index contributed by atoms with van der Waals surface area (Å²) in [5.74, 6) is 0.726. The van der Waals surface area contributed by atoms with Gasteiger partial charge in [0.1, 0.15) is 11.2 Å². The van der Waals surface area contributed by atoms with E-state index in [1.807, 2.05) is 78.9 Å². The summed E-state index contributed by atoms with van der Waals surface area (Å²) in [4.78, 5) is 9.94. The van der Waals surface area contributed by atoms with Crippen LogP contribution in [-0.4, -0.2) is 9.97 Å². The lowest BCUT2D eigenvalue weighted by Gasteiger charge is -2.10. The van der Waals surface area contributed by atoms with E-state index >= 15 is 0 Å². The molecule has 0 bridgehead atoms. The average Bonchev–Trinajstić information content (AvgIpc) is 3.18. The zero-order valence-electron chi connectivity index (χ0n) is 15.5. The molecule has 3 heteroatoms. The average molecular weight is 372 g/mol. The Labute approximate surface area is 167 Å². The highest BCUT2D eigenvalue weighted by Gasteiger charge is 2.17. The van der Waals surface area contributed by atoms with Crippen molar-refractivity contribution in [3.05, 3.63) is 97.1 Å². The Morgan fingerprint density at radius 1 is 0.517 bits per heavy atom. The molecule has 0 amide bonds. The van der Waals surface area contributed by atoms with Crippen LogP contribution in [0.15, 0.2) is 101 Å². The van der Waals surface area contributed by atoms with Gasteiger partial charge in [-0.15, -0.1) is 0 Å². The second kappa shape index (κ2) is 6.28. The molecule has 0 aliphatic heterocycles. The van der Waals surface area contributed by atoms with Crippen molar-refractivity contribution < 1.29 is 4.42 Å². The topological polar surface area (TPSA) is 38.9 Å². The normalized spacial score (nSPS) is 11.4.